The summed E-state index contributed by atoms with van der Waals surface area (Å²) >= 11 is 0. The average molecular weight is 574 g/mol. The molecule has 0 bridgehead atoms. The maximum atomic E-state index is 13.0. The lowest BCUT2D eigenvalue weighted by Crippen LogP contribution is -2.43. The van der Waals surface area contributed by atoms with Gasteiger partial charge in [0.15, 0.2) is 0 Å². The van der Waals surface area contributed by atoms with E-state index >= 15 is 0 Å². The molecule has 0 spiro atoms. The van der Waals surface area contributed by atoms with Crippen molar-refractivity contribution in [1.29, 1.82) is 0 Å². The third kappa shape index (κ3) is 7.45. The van der Waals surface area contributed by atoms with Gasteiger partial charge in [-0.05, 0) is 43.4 Å². The van der Waals surface area contributed by atoms with Gasteiger partial charge in [0.2, 0.25) is 5.95 Å². The number of carbonyl (C=O) groups excluding carboxylic acids is 1. The number of piperidine rings is 1. The van der Waals surface area contributed by atoms with Gasteiger partial charge in [0.05, 0.1) is 23.5 Å². The van der Waals surface area contributed by atoms with Gasteiger partial charge in [-0.3, -0.25) is 9.36 Å². The smallest absolute Gasteiger partial charge is 0.407 e. The zero-order valence-corrected chi connectivity index (χ0v) is 23.5. The van der Waals surface area contributed by atoms with Crippen molar-refractivity contribution in [3.63, 3.8) is 0 Å². The number of nitrogens with one attached hydrogen (secondary N) is 3. The van der Waals surface area contributed by atoms with Crippen molar-refractivity contribution in [3.8, 4) is 0 Å². The third-order valence-corrected chi connectivity index (χ3v) is 7.38. The molecule has 12 heteroatoms. The number of anilines is 2. The number of H-pyrrole nitrogens is 1. The number of aromatic amines is 1. The van der Waals surface area contributed by atoms with E-state index in [0.29, 0.717) is 11.7 Å². The van der Waals surface area contributed by atoms with Gasteiger partial charge in [-0.1, -0.05) is 42.5 Å². The molecule has 2 aromatic heterocycles. The summed E-state index contributed by atoms with van der Waals surface area (Å²) in [4.78, 5) is 51.1. The van der Waals surface area contributed by atoms with E-state index in [4.69, 9.17) is 4.74 Å². The summed E-state index contributed by atoms with van der Waals surface area (Å²) in [6.07, 6.45) is 2.42. The lowest BCUT2D eigenvalue weighted by atomic mass is 9.96. The van der Waals surface area contributed by atoms with Crippen LogP contribution in [0.25, 0.3) is 11.0 Å². The highest BCUT2D eigenvalue weighted by molar-refractivity contribution is 5.77. The van der Waals surface area contributed by atoms with E-state index in [1.165, 1.54) is 4.57 Å². The number of imidazole rings is 1. The number of hydrogen-bond donors (Lipinski definition) is 4. The van der Waals surface area contributed by atoms with Crippen LogP contribution in [0.15, 0.2) is 65.6 Å². The van der Waals surface area contributed by atoms with E-state index in [9.17, 15) is 19.5 Å². The molecule has 220 valence electrons. The number of hydrogen-bond acceptors (Lipinski definition) is 8. The van der Waals surface area contributed by atoms with Crippen LogP contribution in [0, 0.1) is 12.8 Å². The van der Waals surface area contributed by atoms with E-state index in [2.05, 4.69) is 30.5 Å². The molecule has 2 aromatic carbocycles. The van der Waals surface area contributed by atoms with Crippen LogP contribution in [0.3, 0.4) is 0 Å². The quantitative estimate of drug-likeness (QED) is 0.211. The topological polar surface area (TPSA) is 154 Å². The number of rotatable bonds is 11. The number of carbonyl (C=O) groups is 2. The van der Waals surface area contributed by atoms with Gasteiger partial charge >= 0.3 is 17.8 Å². The molecule has 1 saturated heterocycles. The van der Waals surface area contributed by atoms with Crippen molar-refractivity contribution in [2.45, 2.75) is 45.4 Å². The Balaban J connectivity index is 1.15. The molecular formula is C30H35N7O5. The molecule has 3 heterocycles. The molecule has 1 amide bonds. The Bertz CT molecular complexity index is 1540. The van der Waals surface area contributed by atoms with E-state index in [0.717, 1.165) is 60.6 Å². The molecular weight excluding hydrogens is 538 g/mol. The van der Waals surface area contributed by atoms with Crippen LogP contribution in [0.4, 0.5) is 16.6 Å². The Kier molecular flexibility index (Phi) is 9.00. The summed E-state index contributed by atoms with van der Waals surface area (Å²) in [5, 5.41) is 15.4. The summed E-state index contributed by atoms with van der Waals surface area (Å²) in [6, 6.07) is 16.2. The Labute approximate surface area is 242 Å². The molecule has 12 nitrogen and oxygen atoms in total. The lowest BCUT2D eigenvalue weighted by molar-refractivity contribution is -0.137. The van der Waals surface area contributed by atoms with Gasteiger partial charge in [-0.25, -0.2) is 14.6 Å². The highest BCUT2D eigenvalue weighted by Crippen LogP contribution is 2.24. The molecule has 4 N–H and O–H groups in total. The second-order valence-corrected chi connectivity index (χ2v) is 10.6. The lowest BCUT2D eigenvalue weighted by Gasteiger charge is -2.33. The van der Waals surface area contributed by atoms with Crippen molar-refractivity contribution in [1.82, 2.24) is 24.8 Å². The van der Waals surface area contributed by atoms with E-state index in [-0.39, 0.29) is 19.6 Å². The minimum absolute atomic E-state index is 0.0464. The zero-order chi connectivity index (χ0) is 29.5. The third-order valence-electron chi connectivity index (χ3n) is 7.38. The highest BCUT2D eigenvalue weighted by atomic mass is 16.5. The second kappa shape index (κ2) is 13.2. The van der Waals surface area contributed by atoms with Gasteiger partial charge in [-0.15, -0.1) is 0 Å². The monoisotopic (exact) mass is 573 g/mol. The number of benzene rings is 2. The van der Waals surface area contributed by atoms with Gasteiger partial charge < -0.3 is 30.4 Å². The number of ether oxygens (including phenoxy) is 1. The SMILES string of the molecule is Cc1cn(C[C@@H](CC(=O)O)NC(=O)OCc2ccccc2)c(=O)nc1N1CCC(CNc2nc3ccccc3[nH]2)CC1. The number of carboxylic acid groups (broad SMARTS) is 1. The number of aliphatic carboxylic acids is 1. The summed E-state index contributed by atoms with van der Waals surface area (Å²) in [5.41, 5.74) is 3.03. The fraction of sp³-hybridized carbons (Fsp3) is 0.367. The number of para-hydroxylation sites is 2. The molecule has 0 radical (unpaired) electrons. The van der Waals surface area contributed by atoms with Crippen LogP contribution < -0.4 is 21.2 Å². The van der Waals surface area contributed by atoms with Gasteiger partial charge in [0.25, 0.3) is 0 Å². The van der Waals surface area contributed by atoms with Gasteiger partial charge in [0.1, 0.15) is 12.4 Å². The first kappa shape index (κ1) is 28.7. The van der Waals surface area contributed by atoms with Crippen LogP contribution in [0.5, 0.6) is 0 Å². The Hall–Kier alpha value is -4.87. The maximum absolute atomic E-state index is 13.0. The molecule has 0 saturated carbocycles. The van der Waals surface area contributed by atoms with Gasteiger partial charge in [-0.2, -0.15) is 4.98 Å². The van der Waals surface area contributed by atoms with Crippen LogP contribution in [-0.4, -0.2) is 62.4 Å². The molecule has 1 fully saturated rings. The Morgan fingerprint density at radius 2 is 1.83 bits per heavy atom. The fourth-order valence-electron chi connectivity index (χ4n) is 5.21. The van der Waals surface area contributed by atoms with Gasteiger partial charge in [0, 0.05) is 37.9 Å². The van der Waals surface area contributed by atoms with Crippen molar-refractivity contribution in [2.24, 2.45) is 5.92 Å². The number of aryl methyl sites for hydroxylation is 1. The summed E-state index contributed by atoms with van der Waals surface area (Å²) in [6.45, 7) is 4.21. The number of alkyl carbamates (subject to hydrolysis) is 1. The standard InChI is InChI=1S/C30H35N7O5/c1-20-17-37(18-23(15-26(38)39)32-30(41)42-19-22-7-3-2-4-8-22)29(40)35-27(20)36-13-11-21(12-14-36)16-31-28-33-24-9-5-6-10-25(24)34-28/h2-10,17,21,23H,11-16,18-19H2,1H3,(H,32,41)(H,38,39)(H2,31,33,34)/t23-/m1/s1. The van der Waals surface area contributed by atoms with Crippen LogP contribution in [0.1, 0.15) is 30.4 Å². The minimum Gasteiger partial charge on any atom is -0.481 e. The van der Waals surface area contributed by atoms with E-state index in [1.807, 2.05) is 61.5 Å². The Morgan fingerprint density at radius 1 is 1.10 bits per heavy atom. The number of fused-ring (bicyclic) bond motifs is 1. The molecule has 0 aliphatic carbocycles. The van der Waals surface area contributed by atoms with Crippen molar-refractivity contribution in [3.05, 3.63) is 82.4 Å². The van der Waals surface area contributed by atoms with Crippen LogP contribution in [0.2, 0.25) is 0 Å². The molecule has 42 heavy (non-hydrogen) atoms. The van der Waals surface area contributed by atoms with Crippen molar-refractivity contribution >= 4 is 34.9 Å². The number of amides is 1. The van der Waals surface area contributed by atoms with E-state index < -0.39 is 23.8 Å². The second-order valence-electron chi connectivity index (χ2n) is 10.6. The first-order chi connectivity index (χ1) is 20.3. The maximum Gasteiger partial charge on any atom is 0.407 e. The van der Waals surface area contributed by atoms with Crippen molar-refractivity contribution < 1.29 is 19.4 Å². The average Bonchev–Trinajstić information content (AvgIpc) is 3.40. The molecule has 5 rings (SSSR count). The molecule has 1 atom stereocenters. The highest BCUT2D eigenvalue weighted by Gasteiger charge is 2.24. The molecule has 1 aliphatic heterocycles. The number of aromatic nitrogens is 4. The molecule has 4 aromatic rings. The summed E-state index contributed by atoms with van der Waals surface area (Å²) in [5.74, 6) is 0.750. The zero-order valence-electron chi connectivity index (χ0n) is 23.5. The fourth-order valence-corrected chi connectivity index (χ4v) is 5.21. The van der Waals surface area contributed by atoms with Crippen molar-refractivity contribution in [2.75, 3.05) is 29.9 Å². The first-order valence-corrected chi connectivity index (χ1v) is 14.0. The van der Waals surface area contributed by atoms with Crippen LogP contribution >= 0.6 is 0 Å². The van der Waals surface area contributed by atoms with E-state index in [1.54, 1.807) is 6.20 Å². The predicted molar refractivity (Wildman–Crippen MR) is 159 cm³/mol. The first-order valence-electron chi connectivity index (χ1n) is 14.0. The number of nitrogens with zero attached hydrogens (tertiary/aromatic N) is 4. The summed E-state index contributed by atoms with van der Waals surface area (Å²) in [7, 11) is 0. The molecule has 1 aliphatic rings. The number of carboxylic acids is 1. The molecule has 0 unspecified atom stereocenters. The van der Waals surface area contributed by atoms with Crippen LogP contribution in [-0.2, 0) is 22.7 Å². The summed E-state index contributed by atoms with van der Waals surface area (Å²) < 4.78 is 6.57. The normalized spacial score (nSPS) is 14.5. The largest absolute Gasteiger partial charge is 0.481 e. The predicted octanol–water partition coefficient (Wildman–Crippen LogP) is 3.53. The Morgan fingerprint density at radius 3 is 2.57 bits per heavy atom. The minimum atomic E-state index is -1.10.